The predicted molar refractivity (Wildman–Crippen MR) is 151 cm³/mol. The van der Waals surface area contributed by atoms with Crippen molar-refractivity contribution in [1.29, 1.82) is 0 Å². The summed E-state index contributed by atoms with van der Waals surface area (Å²) in [6.07, 6.45) is 1.81. The number of aliphatic hydroxyl groups is 4. The normalized spacial score (nSPS) is 37.4. The minimum atomic E-state index is -2.51. The number of hydrogen-bond donors (Lipinski definition) is 5. The maximum atomic E-state index is 17.2. The molecule has 0 aliphatic heterocycles. The monoisotopic (exact) mass is 640 g/mol. The molecule has 1 amide bonds. The van der Waals surface area contributed by atoms with Gasteiger partial charge in [-0.3, -0.25) is 14.4 Å². The van der Waals surface area contributed by atoms with Crippen molar-refractivity contribution >= 4 is 23.4 Å². The Morgan fingerprint density at radius 3 is 2.56 bits per heavy atom. The third kappa shape index (κ3) is 5.79. The van der Waals surface area contributed by atoms with Crippen LogP contribution in [0.4, 0.5) is 4.39 Å². The number of amides is 1. The molecule has 15 heteroatoms. The number of ketones is 2. The Morgan fingerprint density at radius 2 is 1.89 bits per heavy atom. The van der Waals surface area contributed by atoms with Crippen LogP contribution >= 0.6 is 0 Å². The largest absolute Gasteiger partial charge is 0.456 e. The molecule has 4 rings (SSSR count). The van der Waals surface area contributed by atoms with E-state index >= 15 is 4.39 Å². The van der Waals surface area contributed by atoms with Gasteiger partial charge in [0.25, 0.3) is 5.09 Å². The van der Waals surface area contributed by atoms with Crippen molar-refractivity contribution in [3.63, 3.8) is 0 Å². The van der Waals surface area contributed by atoms with E-state index in [0.29, 0.717) is 24.8 Å². The van der Waals surface area contributed by atoms with Gasteiger partial charge in [0.2, 0.25) is 11.7 Å². The molecule has 1 unspecified atom stereocenters. The summed E-state index contributed by atoms with van der Waals surface area (Å²) < 4.78 is 22.3. The average Bonchev–Trinajstić information content (AvgIpc) is 3.18. The summed E-state index contributed by atoms with van der Waals surface area (Å²) in [5.74, 6) is -4.71. The Morgan fingerprint density at radius 1 is 1.18 bits per heavy atom. The van der Waals surface area contributed by atoms with Gasteiger partial charge in [-0.25, -0.2) is 9.18 Å². The van der Waals surface area contributed by atoms with Crippen molar-refractivity contribution in [2.45, 2.75) is 94.7 Å². The second-order valence-corrected chi connectivity index (χ2v) is 13.0. The first-order chi connectivity index (χ1) is 21.1. The highest BCUT2D eigenvalue weighted by atomic mass is 19.1. The van der Waals surface area contributed by atoms with Gasteiger partial charge >= 0.3 is 5.97 Å². The number of Topliss-reactive ketones (excluding diaryl/α,β-unsaturated/α-hetero) is 1. The van der Waals surface area contributed by atoms with Gasteiger partial charge in [0, 0.05) is 29.6 Å². The maximum Gasteiger partial charge on any atom is 0.331 e. The van der Waals surface area contributed by atoms with E-state index in [4.69, 9.17) is 4.74 Å². The van der Waals surface area contributed by atoms with Crippen LogP contribution in [-0.4, -0.2) is 98.3 Å². The van der Waals surface area contributed by atoms with E-state index in [2.05, 4.69) is 10.2 Å². The molecule has 0 spiro atoms. The van der Waals surface area contributed by atoms with Crippen LogP contribution in [0.25, 0.3) is 0 Å². The Labute approximate surface area is 258 Å². The number of carbonyl (C=O) groups is 4. The quantitative estimate of drug-likeness (QED) is 0.0607. The van der Waals surface area contributed by atoms with Crippen molar-refractivity contribution in [2.75, 3.05) is 19.8 Å². The second-order valence-electron chi connectivity index (χ2n) is 13.0. The second kappa shape index (κ2) is 12.9. The molecule has 45 heavy (non-hydrogen) atoms. The molecule has 0 saturated heterocycles. The summed E-state index contributed by atoms with van der Waals surface area (Å²) >= 11 is 0. The van der Waals surface area contributed by atoms with Crippen LogP contribution in [0.2, 0.25) is 0 Å². The van der Waals surface area contributed by atoms with Crippen molar-refractivity contribution in [2.24, 2.45) is 22.7 Å². The molecule has 0 bridgehead atoms. The molecule has 250 valence electrons. The molecule has 0 aromatic carbocycles. The van der Waals surface area contributed by atoms with Gasteiger partial charge in [-0.2, -0.15) is 0 Å². The molecule has 2 saturated carbocycles. The van der Waals surface area contributed by atoms with Crippen LogP contribution in [0, 0.1) is 32.8 Å². The zero-order valence-electron chi connectivity index (χ0n) is 25.3. The number of hydrogen-bond acceptors (Lipinski definition) is 12. The fourth-order valence-electron chi connectivity index (χ4n) is 8.13. The number of unbranched alkanes of at least 4 members (excludes halogenated alkanes) is 2. The first-order valence-corrected chi connectivity index (χ1v) is 15.1. The maximum absolute atomic E-state index is 17.2. The Bertz CT molecular complexity index is 1290. The van der Waals surface area contributed by atoms with Crippen LogP contribution in [0.15, 0.2) is 23.8 Å². The molecule has 0 heterocycles. The highest BCUT2D eigenvalue weighted by molar-refractivity contribution is 5.94. The smallest absolute Gasteiger partial charge is 0.331 e. The number of ether oxygens (including phenoxy) is 1. The van der Waals surface area contributed by atoms with Gasteiger partial charge in [-0.1, -0.05) is 31.1 Å². The summed E-state index contributed by atoms with van der Waals surface area (Å²) in [7, 11) is 0. The number of nitrogens with zero attached hydrogens (tertiary/aromatic N) is 1. The Balaban J connectivity index is 1.41. The zero-order valence-corrected chi connectivity index (χ0v) is 25.3. The molecular formula is C30H41FN2O12. The van der Waals surface area contributed by atoms with Crippen LogP contribution in [-0.2, 0) is 28.8 Å². The van der Waals surface area contributed by atoms with E-state index in [1.165, 1.54) is 19.1 Å². The lowest BCUT2D eigenvalue weighted by molar-refractivity contribution is -0.757. The lowest BCUT2D eigenvalue weighted by Crippen LogP contribution is -2.69. The minimum absolute atomic E-state index is 0.0210. The van der Waals surface area contributed by atoms with E-state index in [1.807, 2.05) is 0 Å². The van der Waals surface area contributed by atoms with Crippen LogP contribution in [0.5, 0.6) is 0 Å². The van der Waals surface area contributed by atoms with E-state index in [0.717, 1.165) is 0 Å². The van der Waals surface area contributed by atoms with Crippen molar-refractivity contribution in [3.05, 3.63) is 33.9 Å². The van der Waals surface area contributed by atoms with E-state index in [1.54, 1.807) is 13.0 Å². The van der Waals surface area contributed by atoms with E-state index < -0.39 is 94.6 Å². The van der Waals surface area contributed by atoms with Crippen LogP contribution < -0.4 is 5.32 Å². The Kier molecular flexibility index (Phi) is 9.88. The van der Waals surface area contributed by atoms with Gasteiger partial charge in [0.15, 0.2) is 29.7 Å². The number of carbonyl (C=O) groups excluding carboxylic acids is 4. The molecule has 4 aliphatic carbocycles. The van der Waals surface area contributed by atoms with E-state index in [9.17, 15) is 49.7 Å². The SMILES string of the molecule is C[C@]12C=CC(=O)CC1=CC[C@H]1[C@@H]3C[C@@H](O)[C@](O)(C(=O)COC(=O)C(CO)NC(=O)CCCCCO[N+](=O)[O-])[C@@]3(C)C[C@H](O)[C@@]12F. The molecule has 2 fully saturated rings. The molecule has 4 aliphatic rings. The van der Waals surface area contributed by atoms with Gasteiger partial charge in [-0.05, 0) is 51.0 Å². The highest BCUT2D eigenvalue weighted by Crippen LogP contribution is 2.69. The molecule has 14 nitrogen and oxygen atoms in total. The summed E-state index contributed by atoms with van der Waals surface area (Å²) in [5, 5.41) is 55.4. The molecule has 0 aromatic rings. The number of allylic oxidation sites excluding steroid dienone is 4. The average molecular weight is 641 g/mol. The van der Waals surface area contributed by atoms with Crippen molar-refractivity contribution < 1.29 is 58.7 Å². The van der Waals surface area contributed by atoms with E-state index in [-0.39, 0.29) is 38.1 Å². The first-order valence-electron chi connectivity index (χ1n) is 15.1. The Hall–Kier alpha value is -3.27. The lowest BCUT2D eigenvalue weighted by Gasteiger charge is -2.61. The summed E-state index contributed by atoms with van der Waals surface area (Å²) in [5.41, 5.74) is -7.01. The van der Waals surface area contributed by atoms with Crippen molar-refractivity contribution in [3.8, 4) is 0 Å². The fourth-order valence-corrected chi connectivity index (χ4v) is 8.13. The van der Waals surface area contributed by atoms with Crippen LogP contribution in [0.3, 0.4) is 0 Å². The van der Waals surface area contributed by atoms with Gasteiger partial charge in [0.1, 0.15) is 0 Å². The molecule has 9 atom stereocenters. The molecule has 0 aromatic heterocycles. The third-order valence-corrected chi connectivity index (χ3v) is 10.6. The number of halogens is 1. The topological polar surface area (TPSA) is 223 Å². The summed E-state index contributed by atoms with van der Waals surface area (Å²) in [6, 6.07) is -1.53. The summed E-state index contributed by atoms with van der Waals surface area (Å²) in [4.78, 5) is 64.7. The number of fused-ring (bicyclic) bond motifs is 5. The molecule has 0 radical (unpaired) electrons. The minimum Gasteiger partial charge on any atom is -0.456 e. The highest BCUT2D eigenvalue weighted by Gasteiger charge is 2.76. The standard InChI is InChI=1S/C30H41FN2O12/c1-27-10-9-18(35)12-17(27)7-8-19-20-13-22(36)30(41,28(20,2)14-23(37)29(19,27)31)24(38)16-44-26(40)21(15-34)32-25(39)6-4-3-5-11-45-33(42)43/h7,9-10,19-23,34,36-37,41H,3-6,8,11-16H2,1-2H3,(H,32,39)/t19-,20-,21?,22+,23-,27-,28-,29-,30-/m0/s1. The predicted octanol–water partition coefficient (Wildman–Crippen LogP) is 0.417. The summed E-state index contributed by atoms with van der Waals surface area (Å²) in [6.45, 7) is 1.11. The number of esters is 1. The fraction of sp³-hybridized carbons (Fsp3) is 0.733. The van der Waals surface area contributed by atoms with Gasteiger partial charge < -0.3 is 35.3 Å². The number of aliphatic hydroxyl groups excluding tert-OH is 3. The number of nitrogens with one attached hydrogen (secondary N) is 1. The first kappa shape index (κ1) is 34.6. The number of alkyl halides is 1. The van der Waals surface area contributed by atoms with Gasteiger partial charge in [0.05, 0.1) is 25.4 Å². The van der Waals surface area contributed by atoms with Crippen LogP contribution in [0.1, 0.15) is 65.2 Å². The number of rotatable bonds is 13. The molecule has 5 N–H and O–H groups in total. The lowest BCUT2D eigenvalue weighted by atomic mass is 9.45. The molecular weight excluding hydrogens is 599 g/mol. The van der Waals surface area contributed by atoms with Gasteiger partial charge in [-0.15, -0.1) is 10.1 Å². The van der Waals surface area contributed by atoms with Crippen molar-refractivity contribution in [1.82, 2.24) is 5.32 Å². The zero-order chi connectivity index (χ0) is 33.4. The third-order valence-electron chi connectivity index (χ3n) is 10.6.